The summed E-state index contributed by atoms with van der Waals surface area (Å²) in [7, 11) is -2.99. The summed E-state index contributed by atoms with van der Waals surface area (Å²) in [6.07, 6.45) is 8.96. The Morgan fingerprint density at radius 1 is 1.02 bits per heavy atom. The number of benzene rings is 1. The lowest BCUT2D eigenvalue weighted by Crippen LogP contribution is -2.56. The minimum Gasteiger partial charge on any atom is -0.467 e. The Morgan fingerprint density at radius 2 is 1.73 bits per heavy atom. The fraction of sp³-hybridized carbons (Fsp3) is 0.613. The molecule has 2 aliphatic heterocycles. The molecule has 5 rings (SSSR count). The zero-order chi connectivity index (χ0) is 32.2. The number of alkyl carbamates (subject to hydrolysis) is 1. The lowest BCUT2D eigenvalue weighted by Gasteiger charge is -2.29. The lowest BCUT2D eigenvalue weighted by atomic mass is 10.0. The Labute approximate surface area is 271 Å². The highest BCUT2D eigenvalue weighted by Crippen LogP contribution is 2.46. The van der Waals surface area contributed by atoms with E-state index >= 15 is 0 Å². The predicted molar refractivity (Wildman–Crippen MR) is 165 cm³/mol. The van der Waals surface area contributed by atoms with Crippen LogP contribution >= 0.6 is 15.9 Å². The number of hydrogen-bond donors (Lipinski definition) is 2. The summed E-state index contributed by atoms with van der Waals surface area (Å²) in [5, 5.41) is 5.55. The summed E-state index contributed by atoms with van der Waals surface area (Å²) < 4.78 is 43.1. The summed E-state index contributed by atoms with van der Waals surface area (Å²) in [6, 6.07) is 3.76. The van der Waals surface area contributed by atoms with Gasteiger partial charge >= 0.3 is 12.1 Å². The predicted octanol–water partition coefficient (Wildman–Crippen LogP) is 3.73. The van der Waals surface area contributed by atoms with Gasteiger partial charge in [0.1, 0.15) is 23.7 Å². The van der Waals surface area contributed by atoms with E-state index in [1.54, 1.807) is 12.1 Å². The number of carbonyl (C=O) groups is 4. The first-order chi connectivity index (χ1) is 21.5. The number of halogens is 1. The van der Waals surface area contributed by atoms with Gasteiger partial charge in [-0.2, -0.15) is 8.42 Å². The molecule has 12 nitrogen and oxygen atoms in total. The van der Waals surface area contributed by atoms with Crippen molar-refractivity contribution >= 4 is 49.9 Å². The molecule has 0 radical (unpaired) electrons. The van der Waals surface area contributed by atoms with Crippen LogP contribution in [0.5, 0.6) is 0 Å². The van der Waals surface area contributed by atoms with Crippen LogP contribution in [-0.4, -0.2) is 80.7 Å². The molecule has 2 heterocycles. The molecule has 0 aromatic heterocycles. The lowest BCUT2D eigenvalue weighted by molar-refractivity contribution is -0.148. The van der Waals surface area contributed by atoms with Crippen molar-refractivity contribution < 1.29 is 41.3 Å². The topological polar surface area (TPSA) is 157 Å². The monoisotopic (exact) mass is 709 g/mol. The first kappa shape index (κ1) is 33.4. The molecule has 3 fully saturated rings. The van der Waals surface area contributed by atoms with E-state index in [2.05, 4.69) is 26.6 Å². The number of esters is 1. The molecule has 1 saturated heterocycles. The molecule has 2 saturated carbocycles. The maximum atomic E-state index is 14.1. The standard InChI is InChI=1S/C31H40BrN3O9S/c1-42-29(38)31-18-20(31)9-5-3-2-4-6-12-25(33-30(39)43-22-10-7-8-11-22)28(37)35-19-23(17-26(35)27(36)34-31)44-45(40,41)24-15-13-21(32)14-16-24/h5,9,13-16,20,22-23,25-26H,2-4,6-8,10-12,17-19H2,1H3,(H,33,39)(H,34,36)/b9-5-/t20?,23-,25-,26-,31+/m0/s1. The minimum absolute atomic E-state index is 0.0719. The molecule has 14 heteroatoms. The van der Waals surface area contributed by atoms with Gasteiger partial charge in [0.25, 0.3) is 10.1 Å². The second kappa shape index (κ2) is 14.2. The third-order valence-electron chi connectivity index (χ3n) is 9.02. The van der Waals surface area contributed by atoms with Crippen molar-refractivity contribution in [1.29, 1.82) is 0 Å². The number of nitrogens with zero attached hydrogens (tertiary/aromatic N) is 1. The Kier molecular flexibility index (Phi) is 10.5. The molecule has 2 N–H and O–H groups in total. The van der Waals surface area contributed by atoms with Gasteiger partial charge in [-0.25, -0.2) is 9.59 Å². The molecule has 4 aliphatic rings. The van der Waals surface area contributed by atoms with Crippen LogP contribution in [0.1, 0.15) is 70.6 Å². The fourth-order valence-electron chi connectivity index (χ4n) is 6.47. The van der Waals surface area contributed by atoms with E-state index in [1.807, 2.05) is 12.2 Å². The number of nitrogens with one attached hydrogen (secondary N) is 2. The van der Waals surface area contributed by atoms with Gasteiger partial charge in [-0.1, -0.05) is 40.9 Å². The van der Waals surface area contributed by atoms with Crippen molar-refractivity contribution in [3.8, 4) is 0 Å². The molecule has 246 valence electrons. The van der Waals surface area contributed by atoms with E-state index in [0.29, 0.717) is 23.7 Å². The molecular formula is C31H40BrN3O9S. The third-order valence-corrected chi connectivity index (χ3v) is 10.9. The Hall–Kier alpha value is -2.97. The van der Waals surface area contributed by atoms with Crippen molar-refractivity contribution in [3.63, 3.8) is 0 Å². The Bertz CT molecular complexity index is 1410. The number of fused-ring (bicyclic) bond motifs is 2. The summed E-state index contributed by atoms with van der Waals surface area (Å²) in [6.45, 7) is -0.211. The fourth-order valence-corrected chi connectivity index (χ4v) is 7.81. The number of hydrogen-bond acceptors (Lipinski definition) is 9. The molecule has 1 aromatic rings. The molecule has 3 amide bonds. The molecule has 5 atom stereocenters. The van der Waals surface area contributed by atoms with Gasteiger partial charge in [-0.15, -0.1) is 0 Å². The van der Waals surface area contributed by atoms with Gasteiger partial charge in [0.15, 0.2) is 0 Å². The van der Waals surface area contributed by atoms with Crippen LogP contribution < -0.4 is 10.6 Å². The zero-order valence-corrected chi connectivity index (χ0v) is 27.6. The number of allylic oxidation sites excluding steroid dienone is 1. The minimum atomic E-state index is -4.24. The summed E-state index contributed by atoms with van der Waals surface area (Å²) in [4.78, 5) is 54.9. The molecule has 2 aliphatic carbocycles. The van der Waals surface area contributed by atoms with Crippen LogP contribution in [0.4, 0.5) is 4.79 Å². The smallest absolute Gasteiger partial charge is 0.408 e. The first-order valence-electron chi connectivity index (χ1n) is 15.6. The van der Waals surface area contributed by atoms with Crippen LogP contribution in [0.25, 0.3) is 0 Å². The van der Waals surface area contributed by atoms with Crippen LogP contribution in [-0.2, 0) is 38.2 Å². The second-order valence-electron chi connectivity index (χ2n) is 12.2. The van der Waals surface area contributed by atoms with Crippen molar-refractivity contribution in [2.75, 3.05) is 13.7 Å². The number of ether oxygens (including phenoxy) is 2. The van der Waals surface area contributed by atoms with Crippen LogP contribution in [0.2, 0.25) is 0 Å². The highest BCUT2D eigenvalue weighted by atomic mass is 79.9. The average Bonchev–Trinajstić information content (AvgIpc) is 3.29. The molecule has 0 spiro atoms. The van der Waals surface area contributed by atoms with Gasteiger partial charge in [0.05, 0.1) is 18.1 Å². The number of carbonyl (C=O) groups excluding carboxylic acids is 4. The van der Waals surface area contributed by atoms with Gasteiger partial charge in [0.2, 0.25) is 11.8 Å². The molecule has 1 aromatic carbocycles. The van der Waals surface area contributed by atoms with Crippen molar-refractivity contribution in [2.45, 2.75) is 105 Å². The average molecular weight is 711 g/mol. The van der Waals surface area contributed by atoms with Gasteiger partial charge in [-0.3, -0.25) is 13.8 Å². The quantitative estimate of drug-likeness (QED) is 0.255. The van der Waals surface area contributed by atoms with Crippen molar-refractivity contribution in [1.82, 2.24) is 15.5 Å². The van der Waals surface area contributed by atoms with Crippen molar-refractivity contribution in [2.24, 2.45) is 5.92 Å². The Morgan fingerprint density at radius 3 is 2.44 bits per heavy atom. The maximum Gasteiger partial charge on any atom is 0.408 e. The highest BCUT2D eigenvalue weighted by Gasteiger charge is 2.62. The summed E-state index contributed by atoms with van der Waals surface area (Å²) >= 11 is 3.28. The van der Waals surface area contributed by atoms with Gasteiger partial charge in [0, 0.05) is 23.4 Å². The molecular weight excluding hydrogens is 670 g/mol. The normalized spacial score (nSPS) is 30.2. The van der Waals surface area contributed by atoms with E-state index in [4.69, 9.17) is 13.7 Å². The zero-order valence-electron chi connectivity index (χ0n) is 25.2. The maximum absolute atomic E-state index is 14.1. The summed E-state index contributed by atoms with van der Waals surface area (Å²) in [5.41, 5.74) is -1.28. The number of amides is 3. The van der Waals surface area contributed by atoms with E-state index in [1.165, 1.54) is 24.1 Å². The highest BCUT2D eigenvalue weighted by molar-refractivity contribution is 9.10. The van der Waals surface area contributed by atoms with Crippen LogP contribution in [0.3, 0.4) is 0 Å². The van der Waals surface area contributed by atoms with Crippen LogP contribution in [0, 0.1) is 5.92 Å². The SMILES string of the molecule is COC(=O)[C@@]12CC1/C=C\CCCCC[C@H](NC(=O)OC1CCCC1)C(=O)N1C[C@@H](OS(=O)(=O)c3ccc(Br)cc3)C[C@H]1C(=O)N2. The molecule has 0 bridgehead atoms. The van der Waals surface area contributed by atoms with E-state index < -0.39 is 57.7 Å². The molecule has 1 unspecified atom stereocenters. The second-order valence-corrected chi connectivity index (χ2v) is 14.7. The number of methoxy groups -OCH3 is 1. The third kappa shape index (κ3) is 7.89. The molecule has 45 heavy (non-hydrogen) atoms. The van der Waals surface area contributed by atoms with Gasteiger partial charge < -0.3 is 25.0 Å². The van der Waals surface area contributed by atoms with Crippen LogP contribution in [0.15, 0.2) is 45.8 Å². The largest absolute Gasteiger partial charge is 0.467 e. The van der Waals surface area contributed by atoms with Crippen molar-refractivity contribution in [3.05, 3.63) is 40.9 Å². The van der Waals surface area contributed by atoms with E-state index in [0.717, 1.165) is 44.9 Å². The van der Waals surface area contributed by atoms with Gasteiger partial charge in [-0.05, 0) is 75.6 Å². The summed E-state index contributed by atoms with van der Waals surface area (Å²) in [5.74, 6) is -2.03. The number of rotatable bonds is 6. The Balaban J connectivity index is 1.41. The van der Waals surface area contributed by atoms with E-state index in [-0.39, 0.29) is 29.9 Å². The first-order valence-corrected chi connectivity index (χ1v) is 17.8. The van der Waals surface area contributed by atoms with E-state index in [9.17, 15) is 27.6 Å².